The van der Waals surface area contributed by atoms with Gasteiger partial charge in [0.1, 0.15) is 0 Å². The van der Waals surface area contributed by atoms with E-state index in [-0.39, 0.29) is 0 Å². The standard InChI is InChI=1S/C16H23N5/c1-5-18-16(17-4)19-11-14-8-6-7-9-15(14)21-13(3)10-12(2)20-21/h6-10H,5,11H2,1-4H3,(H2,17,18,19). The van der Waals surface area contributed by atoms with Gasteiger partial charge in [-0.2, -0.15) is 5.10 Å². The zero-order valence-corrected chi connectivity index (χ0v) is 13.1. The fourth-order valence-corrected chi connectivity index (χ4v) is 2.31. The molecule has 0 aliphatic heterocycles. The van der Waals surface area contributed by atoms with Gasteiger partial charge in [0.25, 0.3) is 0 Å². The molecule has 0 saturated carbocycles. The normalized spacial score (nSPS) is 11.5. The lowest BCUT2D eigenvalue weighted by Crippen LogP contribution is -2.36. The van der Waals surface area contributed by atoms with Gasteiger partial charge >= 0.3 is 0 Å². The average molecular weight is 285 g/mol. The van der Waals surface area contributed by atoms with Crippen molar-refractivity contribution in [2.45, 2.75) is 27.3 Å². The second-order valence-electron chi connectivity index (χ2n) is 4.92. The highest BCUT2D eigenvalue weighted by molar-refractivity contribution is 5.79. The number of nitrogens with one attached hydrogen (secondary N) is 2. The third-order valence-corrected chi connectivity index (χ3v) is 3.24. The molecule has 2 aromatic rings. The molecule has 1 heterocycles. The molecule has 0 bridgehead atoms. The lowest BCUT2D eigenvalue weighted by Gasteiger charge is -2.14. The van der Waals surface area contributed by atoms with Crippen LogP contribution in [0.3, 0.4) is 0 Å². The first-order valence-electron chi connectivity index (χ1n) is 7.21. The van der Waals surface area contributed by atoms with Gasteiger partial charge in [-0.25, -0.2) is 4.68 Å². The van der Waals surface area contributed by atoms with Crippen molar-refractivity contribution in [3.8, 4) is 5.69 Å². The number of aliphatic imine (C=N–C) groups is 1. The van der Waals surface area contributed by atoms with E-state index < -0.39 is 0 Å². The van der Waals surface area contributed by atoms with Crippen molar-refractivity contribution in [2.75, 3.05) is 13.6 Å². The summed E-state index contributed by atoms with van der Waals surface area (Å²) in [6.45, 7) is 7.68. The molecular weight excluding hydrogens is 262 g/mol. The maximum absolute atomic E-state index is 4.57. The first-order valence-corrected chi connectivity index (χ1v) is 7.21. The first-order chi connectivity index (χ1) is 10.2. The van der Waals surface area contributed by atoms with Gasteiger partial charge in [0, 0.05) is 25.8 Å². The van der Waals surface area contributed by atoms with Crippen LogP contribution in [0.25, 0.3) is 5.69 Å². The van der Waals surface area contributed by atoms with Crippen LogP contribution in [0.15, 0.2) is 35.3 Å². The number of hydrogen-bond donors (Lipinski definition) is 2. The highest BCUT2D eigenvalue weighted by atomic mass is 15.3. The monoisotopic (exact) mass is 285 g/mol. The van der Waals surface area contributed by atoms with Crippen LogP contribution in [0.2, 0.25) is 0 Å². The Bertz CT molecular complexity index is 627. The predicted molar refractivity (Wildman–Crippen MR) is 86.9 cm³/mol. The number of rotatable bonds is 4. The van der Waals surface area contributed by atoms with Gasteiger partial charge in [0.05, 0.1) is 11.4 Å². The van der Waals surface area contributed by atoms with Crippen molar-refractivity contribution in [1.82, 2.24) is 20.4 Å². The van der Waals surface area contributed by atoms with Crippen molar-refractivity contribution < 1.29 is 0 Å². The van der Waals surface area contributed by atoms with Crippen molar-refractivity contribution in [3.63, 3.8) is 0 Å². The van der Waals surface area contributed by atoms with E-state index >= 15 is 0 Å². The van der Waals surface area contributed by atoms with Crippen molar-refractivity contribution in [3.05, 3.63) is 47.3 Å². The summed E-state index contributed by atoms with van der Waals surface area (Å²) in [4.78, 5) is 4.19. The molecule has 2 rings (SSSR count). The van der Waals surface area contributed by atoms with Crippen LogP contribution in [0.1, 0.15) is 23.9 Å². The third kappa shape index (κ3) is 3.62. The number of nitrogens with zero attached hydrogens (tertiary/aromatic N) is 3. The smallest absolute Gasteiger partial charge is 0.191 e. The second kappa shape index (κ2) is 6.92. The Balaban J connectivity index is 2.23. The summed E-state index contributed by atoms with van der Waals surface area (Å²) in [5.74, 6) is 0.806. The Hall–Kier alpha value is -2.30. The highest BCUT2D eigenvalue weighted by Crippen LogP contribution is 2.16. The van der Waals surface area contributed by atoms with Gasteiger partial charge in [-0.1, -0.05) is 18.2 Å². The second-order valence-corrected chi connectivity index (χ2v) is 4.92. The summed E-state index contributed by atoms with van der Waals surface area (Å²) >= 11 is 0. The lowest BCUT2D eigenvalue weighted by atomic mass is 10.1. The molecule has 0 aliphatic rings. The van der Waals surface area contributed by atoms with Gasteiger partial charge in [-0.05, 0) is 38.5 Å². The van der Waals surface area contributed by atoms with E-state index in [2.05, 4.69) is 52.8 Å². The summed E-state index contributed by atoms with van der Waals surface area (Å²) in [5, 5.41) is 11.1. The number of hydrogen-bond acceptors (Lipinski definition) is 2. The summed E-state index contributed by atoms with van der Waals surface area (Å²) < 4.78 is 1.99. The molecule has 0 radical (unpaired) electrons. The van der Waals surface area contributed by atoms with Crippen LogP contribution < -0.4 is 10.6 Å². The van der Waals surface area contributed by atoms with Crippen molar-refractivity contribution in [1.29, 1.82) is 0 Å². The van der Waals surface area contributed by atoms with Crippen LogP contribution in [0.4, 0.5) is 0 Å². The van der Waals surface area contributed by atoms with E-state index in [1.807, 2.05) is 23.7 Å². The zero-order chi connectivity index (χ0) is 15.2. The minimum absolute atomic E-state index is 0.703. The third-order valence-electron chi connectivity index (χ3n) is 3.24. The van der Waals surface area contributed by atoms with E-state index in [9.17, 15) is 0 Å². The van der Waals surface area contributed by atoms with E-state index in [0.29, 0.717) is 6.54 Å². The Kier molecular flexibility index (Phi) is 4.98. The molecule has 21 heavy (non-hydrogen) atoms. The van der Waals surface area contributed by atoms with Crippen LogP contribution in [0, 0.1) is 13.8 Å². The molecular formula is C16H23N5. The number of aromatic nitrogens is 2. The van der Waals surface area contributed by atoms with E-state index in [0.717, 1.165) is 29.6 Å². The summed E-state index contributed by atoms with van der Waals surface area (Å²) in [5.41, 5.74) is 4.44. The molecule has 2 N–H and O–H groups in total. The Morgan fingerprint density at radius 2 is 2.00 bits per heavy atom. The van der Waals surface area contributed by atoms with E-state index in [1.165, 1.54) is 5.56 Å². The van der Waals surface area contributed by atoms with E-state index in [1.54, 1.807) is 7.05 Å². The molecule has 0 atom stereocenters. The molecule has 5 heteroatoms. The Morgan fingerprint density at radius 1 is 1.24 bits per heavy atom. The van der Waals surface area contributed by atoms with Crippen LogP contribution >= 0.6 is 0 Å². The quantitative estimate of drug-likeness (QED) is 0.669. The SMILES string of the molecule is CCNC(=NC)NCc1ccccc1-n1nc(C)cc1C. The van der Waals surface area contributed by atoms with Crippen LogP contribution in [-0.4, -0.2) is 29.3 Å². The first kappa shape index (κ1) is 15.1. The van der Waals surface area contributed by atoms with Gasteiger partial charge in [-0.3, -0.25) is 4.99 Å². The summed E-state index contributed by atoms with van der Waals surface area (Å²) in [7, 11) is 1.78. The fourth-order valence-electron chi connectivity index (χ4n) is 2.31. The zero-order valence-electron chi connectivity index (χ0n) is 13.1. The maximum Gasteiger partial charge on any atom is 0.191 e. The topological polar surface area (TPSA) is 54.2 Å². The predicted octanol–water partition coefficient (Wildman–Crippen LogP) is 2.17. The number of benzene rings is 1. The molecule has 1 aromatic heterocycles. The molecule has 112 valence electrons. The molecule has 1 aromatic carbocycles. The lowest BCUT2D eigenvalue weighted by molar-refractivity contribution is 0.788. The van der Waals surface area contributed by atoms with E-state index in [4.69, 9.17) is 0 Å². The summed E-state index contributed by atoms with van der Waals surface area (Å²) in [6, 6.07) is 10.4. The van der Waals surface area contributed by atoms with Gasteiger partial charge in [0.2, 0.25) is 0 Å². The van der Waals surface area contributed by atoms with Crippen molar-refractivity contribution >= 4 is 5.96 Å². The Morgan fingerprint density at radius 3 is 2.62 bits per heavy atom. The maximum atomic E-state index is 4.57. The molecule has 0 amide bonds. The van der Waals surface area contributed by atoms with Gasteiger partial charge in [0.15, 0.2) is 5.96 Å². The van der Waals surface area contributed by atoms with Gasteiger partial charge in [-0.15, -0.1) is 0 Å². The largest absolute Gasteiger partial charge is 0.357 e. The highest BCUT2D eigenvalue weighted by Gasteiger charge is 2.08. The molecule has 0 spiro atoms. The molecule has 0 fully saturated rings. The average Bonchev–Trinajstić information content (AvgIpc) is 2.82. The molecule has 0 saturated heterocycles. The number of aryl methyl sites for hydroxylation is 2. The minimum atomic E-state index is 0.703. The van der Waals surface area contributed by atoms with Gasteiger partial charge < -0.3 is 10.6 Å². The van der Waals surface area contributed by atoms with Crippen LogP contribution in [-0.2, 0) is 6.54 Å². The number of para-hydroxylation sites is 1. The Labute approximate surface area is 126 Å². The van der Waals surface area contributed by atoms with Crippen molar-refractivity contribution in [2.24, 2.45) is 4.99 Å². The molecule has 0 aliphatic carbocycles. The number of guanidine groups is 1. The molecule has 5 nitrogen and oxygen atoms in total. The summed E-state index contributed by atoms with van der Waals surface area (Å²) in [6.07, 6.45) is 0. The minimum Gasteiger partial charge on any atom is -0.357 e. The van der Waals surface area contributed by atoms with Crippen LogP contribution in [0.5, 0.6) is 0 Å². The fraction of sp³-hybridized carbons (Fsp3) is 0.375. The molecule has 0 unspecified atom stereocenters.